The minimum atomic E-state index is -0.0755. The van der Waals surface area contributed by atoms with Crippen LogP contribution in [0, 0.1) is 3.57 Å². The molecule has 5 aromatic carbocycles. The maximum atomic E-state index is 11.0. The monoisotopic (exact) mass is 678 g/mol. The highest BCUT2D eigenvalue weighted by Gasteiger charge is 2.22. The van der Waals surface area contributed by atoms with Crippen LogP contribution in [0.2, 0.25) is 0 Å². The molecule has 0 unspecified atom stereocenters. The highest BCUT2D eigenvalue weighted by Crippen LogP contribution is 2.40. The standard InChI is InChI=1S/C38H35IN2O2/c1-5-6-12-25-19-28(39)20-26(36(25)42)23-40-33-18-10-9-16-31(33)37-41-35-32(21-27(38(2,3)4)22-34(35)43-37)30-17-11-14-24-13-7-8-15-29(24)30/h7-11,13-23,42H,5-6,12H2,1-4H3/b40-23+. The molecule has 0 saturated heterocycles. The first-order chi connectivity index (χ1) is 20.7. The molecule has 0 aliphatic heterocycles. The number of aliphatic imine (C=N–C) groups is 1. The van der Waals surface area contributed by atoms with Crippen molar-refractivity contribution in [3.63, 3.8) is 0 Å². The topological polar surface area (TPSA) is 58.6 Å². The maximum Gasteiger partial charge on any atom is 0.229 e. The number of rotatable bonds is 7. The van der Waals surface area contributed by atoms with Crippen LogP contribution >= 0.6 is 22.6 Å². The first-order valence-electron chi connectivity index (χ1n) is 14.8. The zero-order chi connectivity index (χ0) is 30.1. The second-order valence-electron chi connectivity index (χ2n) is 12.0. The van der Waals surface area contributed by atoms with Gasteiger partial charge in [-0.25, -0.2) is 4.98 Å². The van der Waals surface area contributed by atoms with Gasteiger partial charge in [-0.15, -0.1) is 0 Å². The number of para-hydroxylation sites is 1. The van der Waals surface area contributed by atoms with E-state index in [0.29, 0.717) is 17.2 Å². The second-order valence-corrected chi connectivity index (χ2v) is 13.3. The molecule has 6 aromatic rings. The molecule has 4 nitrogen and oxygen atoms in total. The molecule has 0 aliphatic rings. The molecular weight excluding hydrogens is 643 g/mol. The second kappa shape index (κ2) is 12.0. The summed E-state index contributed by atoms with van der Waals surface area (Å²) in [6, 6.07) is 31.1. The van der Waals surface area contributed by atoms with Crippen molar-refractivity contribution in [1.29, 1.82) is 0 Å². The van der Waals surface area contributed by atoms with Crippen molar-refractivity contribution >= 4 is 56.4 Å². The number of phenolic OH excluding ortho intramolecular Hbond substituents is 1. The van der Waals surface area contributed by atoms with Gasteiger partial charge in [0.25, 0.3) is 0 Å². The van der Waals surface area contributed by atoms with Gasteiger partial charge in [-0.2, -0.15) is 0 Å². The lowest BCUT2D eigenvalue weighted by Crippen LogP contribution is -2.11. The molecule has 5 heteroatoms. The summed E-state index contributed by atoms with van der Waals surface area (Å²) < 4.78 is 7.60. The Bertz CT molecular complexity index is 1980. The van der Waals surface area contributed by atoms with Crippen LogP contribution < -0.4 is 0 Å². The summed E-state index contributed by atoms with van der Waals surface area (Å²) in [6.07, 6.45) is 4.69. The summed E-state index contributed by atoms with van der Waals surface area (Å²) in [4.78, 5) is 9.93. The fourth-order valence-electron chi connectivity index (χ4n) is 5.48. The number of aromatic nitrogens is 1. The summed E-state index contributed by atoms with van der Waals surface area (Å²) >= 11 is 2.30. The molecule has 0 amide bonds. The molecule has 0 radical (unpaired) electrons. The van der Waals surface area contributed by atoms with E-state index in [0.717, 1.165) is 61.9 Å². The third kappa shape index (κ3) is 5.96. The molecule has 1 heterocycles. The van der Waals surface area contributed by atoms with Crippen molar-refractivity contribution in [2.24, 2.45) is 4.99 Å². The van der Waals surface area contributed by atoms with Crippen LogP contribution in [0.1, 0.15) is 57.2 Å². The van der Waals surface area contributed by atoms with Gasteiger partial charge in [-0.05, 0) is 105 Å². The molecule has 0 spiro atoms. The van der Waals surface area contributed by atoms with Crippen molar-refractivity contribution in [2.75, 3.05) is 0 Å². The number of aromatic hydroxyl groups is 1. The number of hydrogen-bond donors (Lipinski definition) is 1. The predicted molar refractivity (Wildman–Crippen MR) is 188 cm³/mol. The Morgan fingerprint density at radius 1 is 0.884 bits per heavy atom. The molecule has 43 heavy (non-hydrogen) atoms. The van der Waals surface area contributed by atoms with Crippen molar-refractivity contribution in [3.05, 3.63) is 111 Å². The Hall–Kier alpha value is -3.97. The van der Waals surface area contributed by atoms with Crippen LogP contribution in [0.3, 0.4) is 0 Å². The van der Waals surface area contributed by atoms with E-state index < -0.39 is 0 Å². The zero-order valence-electron chi connectivity index (χ0n) is 25.0. The van der Waals surface area contributed by atoms with Crippen molar-refractivity contribution in [1.82, 2.24) is 4.98 Å². The average molecular weight is 679 g/mol. The lowest BCUT2D eigenvalue weighted by atomic mass is 9.84. The van der Waals surface area contributed by atoms with Crippen LogP contribution in [-0.4, -0.2) is 16.3 Å². The molecule has 1 aromatic heterocycles. The van der Waals surface area contributed by atoms with Gasteiger partial charge in [0.1, 0.15) is 11.3 Å². The number of unbranched alkanes of at least 4 members (excludes halogenated alkanes) is 1. The SMILES string of the molecule is CCCCc1cc(I)cc(/C=N/c2ccccc2-c2nc3c(-c4cccc5ccccc45)cc(C(C)(C)C)cc3o2)c1O. The summed E-state index contributed by atoms with van der Waals surface area (Å²) in [7, 11) is 0. The van der Waals surface area contributed by atoms with Crippen molar-refractivity contribution < 1.29 is 9.52 Å². The number of halogens is 1. The van der Waals surface area contributed by atoms with E-state index in [1.54, 1.807) is 6.21 Å². The van der Waals surface area contributed by atoms with Crippen LogP contribution in [0.15, 0.2) is 100 Å². The smallest absolute Gasteiger partial charge is 0.229 e. The summed E-state index contributed by atoms with van der Waals surface area (Å²) in [6.45, 7) is 8.81. The van der Waals surface area contributed by atoms with Crippen LogP contribution in [-0.2, 0) is 11.8 Å². The minimum Gasteiger partial charge on any atom is -0.507 e. The first-order valence-corrected chi connectivity index (χ1v) is 15.9. The number of aryl methyl sites for hydroxylation is 1. The Kier molecular flexibility index (Phi) is 8.10. The molecule has 1 N–H and O–H groups in total. The third-order valence-corrected chi connectivity index (χ3v) is 8.52. The Morgan fingerprint density at radius 2 is 1.63 bits per heavy atom. The number of benzene rings is 5. The molecule has 216 valence electrons. The van der Waals surface area contributed by atoms with Gasteiger partial charge in [0.2, 0.25) is 5.89 Å². The van der Waals surface area contributed by atoms with E-state index in [2.05, 4.69) is 111 Å². The molecule has 0 fully saturated rings. The van der Waals surface area contributed by atoms with Crippen molar-refractivity contribution in [2.45, 2.75) is 52.4 Å². The van der Waals surface area contributed by atoms with E-state index in [9.17, 15) is 5.11 Å². The van der Waals surface area contributed by atoms with E-state index in [4.69, 9.17) is 14.4 Å². The fourth-order valence-corrected chi connectivity index (χ4v) is 6.20. The largest absolute Gasteiger partial charge is 0.507 e. The molecule has 0 atom stereocenters. The third-order valence-electron chi connectivity index (χ3n) is 7.90. The lowest BCUT2D eigenvalue weighted by Gasteiger charge is -2.20. The predicted octanol–water partition coefficient (Wildman–Crippen LogP) is 11.0. The quantitative estimate of drug-likeness (QED) is 0.135. The van der Waals surface area contributed by atoms with E-state index >= 15 is 0 Å². The van der Waals surface area contributed by atoms with Crippen LogP contribution in [0.4, 0.5) is 5.69 Å². The number of nitrogens with zero attached hydrogens (tertiary/aromatic N) is 2. The minimum absolute atomic E-state index is 0.0755. The Morgan fingerprint density at radius 3 is 2.44 bits per heavy atom. The van der Waals surface area contributed by atoms with E-state index in [1.165, 1.54) is 16.3 Å². The fraction of sp³-hybridized carbons (Fsp3) is 0.211. The Balaban J connectivity index is 1.48. The maximum absolute atomic E-state index is 11.0. The summed E-state index contributed by atoms with van der Waals surface area (Å²) in [5.74, 6) is 0.817. The molecular formula is C38H35IN2O2. The highest BCUT2D eigenvalue weighted by atomic mass is 127. The van der Waals surface area contributed by atoms with Gasteiger partial charge in [0, 0.05) is 20.9 Å². The number of fused-ring (bicyclic) bond motifs is 2. The zero-order valence-corrected chi connectivity index (χ0v) is 27.1. The molecule has 0 aliphatic carbocycles. The normalized spacial score (nSPS) is 12.1. The van der Waals surface area contributed by atoms with Gasteiger partial charge < -0.3 is 9.52 Å². The van der Waals surface area contributed by atoms with Crippen LogP contribution in [0.5, 0.6) is 5.75 Å². The molecule has 0 saturated carbocycles. The Labute approximate surface area is 266 Å². The highest BCUT2D eigenvalue weighted by molar-refractivity contribution is 14.1. The van der Waals surface area contributed by atoms with E-state index in [-0.39, 0.29) is 5.41 Å². The molecule has 0 bridgehead atoms. The average Bonchev–Trinajstić information content (AvgIpc) is 3.44. The molecule has 6 rings (SSSR count). The lowest BCUT2D eigenvalue weighted by molar-refractivity contribution is 0.466. The van der Waals surface area contributed by atoms with Gasteiger partial charge in [0.05, 0.1) is 11.3 Å². The van der Waals surface area contributed by atoms with Gasteiger partial charge in [-0.1, -0.05) is 88.7 Å². The number of oxazole rings is 1. The van der Waals surface area contributed by atoms with Gasteiger partial charge >= 0.3 is 0 Å². The van der Waals surface area contributed by atoms with Crippen LogP contribution in [0.25, 0.3) is 44.5 Å². The van der Waals surface area contributed by atoms with E-state index in [1.807, 2.05) is 30.3 Å². The number of phenols is 1. The number of hydrogen-bond acceptors (Lipinski definition) is 4. The summed E-state index contributed by atoms with van der Waals surface area (Å²) in [5.41, 5.74) is 8.06. The van der Waals surface area contributed by atoms with Gasteiger partial charge in [-0.3, -0.25) is 4.99 Å². The summed E-state index contributed by atoms with van der Waals surface area (Å²) in [5, 5.41) is 13.4. The first kappa shape index (κ1) is 29.1. The van der Waals surface area contributed by atoms with Crippen molar-refractivity contribution in [3.8, 4) is 28.3 Å². The van der Waals surface area contributed by atoms with Gasteiger partial charge in [0.15, 0.2) is 5.58 Å².